The number of nitrogens with two attached hydrogens (primary N) is 2. The lowest BCUT2D eigenvalue weighted by Gasteiger charge is -2.24. The largest absolute Gasteiger partial charge is 0.399 e. The van der Waals surface area contributed by atoms with E-state index in [0.717, 1.165) is 6.07 Å². The molecule has 4 N–H and O–H groups in total. The normalized spacial score (nSPS) is 12.1. The minimum Gasteiger partial charge on any atom is -0.399 e. The molecule has 1 aromatic rings. The number of nitrogens with zero attached hydrogens (tertiary/aromatic N) is 1. The van der Waals surface area contributed by atoms with Gasteiger partial charge in [0.15, 0.2) is 11.6 Å². The Morgan fingerprint density at radius 2 is 1.90 bits per heavy atom. The Balaban J connectivity index is 3.45. The number of carbonyl (C=O) groups is 1. The van der Waals surface area contributed by atoms with E-state index in [1.165, 1.54) is 13.8 Å². The Kier molecular flexibility index (Phi) is 4.66. The highest BCUT2D eigenvalue weighted by atomic mass is 32.2. The summed E-state index contributed by atoms with van der Waals surface area (Å²) >= 11 is 0. The fraction of sp³-hybridized carbons (Fsp3) is 0.364. The van der Waals surface area contributed by atoms with Crippen molar-refractivity contribution in [2.24, 2.45) is 5.73 Å². The number of sulfonamides is 1. The van der Waals surface area contributed by atoms with Crippen LogP contribution in [0.1, 0.15) is 13.8 Å². The van der Waals surface area contributed by atoms with E-state index in [9.17, 15) is 22.0 Å². The molecule has 0 unspecified atom stereocenters. The lowest BCUT2D eigenvalue weighted by molar-refractivity contribution is -0.118. The van der Waals surface area contributed by atoms with E-state index in [2.05, 4.69) is 0 Å². The second kappa shape index (κ2) is 5.71. The van der Waals surface area contributed by atoms with Gasteiger partial charge in [-0.15, -0.1) is 0 Å². The maximum atomic E-state index is 13.7. The summed E-state index contributed by atoms with van der Waals surface area (Å²) in [5, 5.41) is 0. The second-order valence-corrected chi connectivity index (χ2v) is 6.28. The van der Waals surface area contributed by atoms with E-state index < -0.39 is 45.0 Å². The van der Waals surface area contributed by atoms with Gasteiger partial charge in [-0.1, -0.05) is 0 Å². The van der Waals surface area contributed by atoms with Crippen LogP contribution in [0.25, 0.3) is 0 Å². The van der Waals surface area contributed by atoms with Crippen LogP contribution < -0.4 is 11.5 Å². The van der Waals surface area contributed by atoms with Gasteiger partial charge < -0.3 is 11.5 Å². The highest BCUT2D eigenvalue weighted by Gasteiger charge is 2.32. The molecule has 6 nitrogen and oxygen atoms in total. The van der Waals surface area contributed by atoms with Crippen molar-refractivity contribution in [3.05, 3.63) is 23.8 Å². The summed E-state index contributed by atoms with van der Waals surface area (Å²) < 4.78 is 52.2. The van der Waals surface area contributed by atoms with Crippen molar-refractivity contribution in [3.63, 3.8) is 0 Å². The molecule has 1 amide bonds. The number of carbonyl (C=O) groups excluding carboxylic acids is 1. The van der Waals surface area contributed by atoms with Crippen LogP contribution in [0.2, 0.25) is 0 Å². The third-order valence-corrected chi connectivity index (χ3v) is 4.51. The Bertz CT molecular complexity index is 632. The first kappa shape index (κ1) is 16.3. The van der Waals surface area contributed by atoms with Gasteiger partial charge in [0.1, 0.15) is 4.90 Å². The molecule has 0 spiro atoms. The lowest BCUT2D eigenvalue weighted by Crippen LogP contribution is -2.43. The van der Waals surface area contributed by atoms with E-state index in [0.29, 0.717) is 10.4 Å². The maximum absolute atomic E-state index is 13.7. The van der Waals surface area contributed by atoms with E-state index in [1.807, 2.05) is 0 Å². The van der Waals surface area contributed by atoms with Gasteiger partial charge in [-0.25, -0.2) is 17.2 Å². The zero-order chi connectivity index (χ0) is 15.7. The molecule has 0 aliphatic carbocycles. The van der Waals surface area contributed by atoms with Crippen molar-refractivity contribution >= 4 is 21.6 Å². The molecule has 0 heterocycles. The van der Waals surface area contributed by atoms with Crippen LogP contribution in [0.3, 0.4) is 0 Å². The van der Waals surface area contributed by atoms with Crippen molar-refractivity contribution in [1.29, 1.82) is 0 Å². The van der Waals surface area contributed by atoms with E-state index in [1.54, 1.807) is 0 Å². The fourth-order valence-electron chi connectivity index (χ4n) is 1.60. The molecule has 1 rings (SSSR count). The molecule has 0 fully saturated rings. The van der Waals surface area contributed by atoms with E-state index in [-0.39, 0.29) is 5.69 Å². The Labute approximate surface area is 115 Å². The topological polar surface area (TPSA) is 106 Å². The van der Waals surface area contributed by atoms with Crippen molar-refractivity contribution < 1.29 is 22.0 Å². The number of rotatable bonds is 5. The number of anilines is 1. The molecule has 0 saturated carbocycles. The number of nitrogen functional groups attached to an aromatic ring is 1. The highest BCUT2D eigenvalue weighted by molar-refractivity contribution is 7.89. The average molecular weight is 307 g/mol. The van der Waals surface area contributed by atoms with Crippen LogP contribution in [0, 0.1) is 11.6 Å². The number of hydrogen-bond acceptors (Lipinski definition) is 4. The molecule has 0 atom stereocenters. The third kappa shape index (κ3) is 3.23. The van der Waals surface area contributed by atoms with Crippen LogP contribution in [-0.4, -0.2) is 31.2 Å². The zero-order valence-electron chi connectivity index (χ0n) is 10.9. The molecule has 0 aliphatic rings. The van der Waals surface area contributed by atoms with Gasteiger partial charge in [-0.2, -0.15) is 4.31 Å². The number of hydrogen-bond donors (Lipinski definition) is 2. The Morgan fingerprint density at radius 3 is 2.35 bits per heavy atom. The molecular formula is C11H15F2N3O3S. The third-order valence-electron chi connectivity index (χ3n) is 2.49. The molecule has 0 bridgehead atoms. The number of halogens is 2. The van der Waals surface area contributed by atoms with E-state index >= 15 is 0 Å². The SMILES string of the molecule is CC(C)N(CC(N)=O)S(=O)(=O)c1cc(N)cc(F)c1F. The first-order valence-electron chi connectivity index (χ1n) is 5.62. The molecular weight excluding hydrogens is 292 g/mol. The minimum absolute atomic E-state index is 0.245. The fourth-order valence-corrected chi connectivity index (χ4v) is 3.31. The molecule has 1 aromatic carbocycles. The summed E-state index contributed by atoms with van der Waals surface area (Å²) in [5.41, 5.74) is 10.0. The van der Waals surface area contributed by atoms with Crippen LogP contribution >= 0.6 is 0 Å². The van der Waals surface area contributed by atoms with Gasteiger partial charge >= 0.3 is 0 Å². The zero-order valence-corrected chi connectivity index (χ0v) is 11.7. The van der Waals surface area contributed by atoms with Gasteiger partial charge in [0.05, 0.1) is 6.54 Å². The summed E-state index contributed by atoms with van der Waals surface area (Å²) in [5.74, 6) is -3.84. The maximum Gasteiger partial charge on any atom is 0.246 e. The van der Waals surface area contributed by atoms with Gasteiger partial charge in [0.25, 0.3) is 0 Å². The summed E-state index contributed by atoms with van der Waals surface area (Å²) in [7, 11) is -4.43. The molecule has 112 valence electrons. The van der Waals surface area contributed by atoms with Crippen molar-refractivity contribution in [2.75, 3.05) is 12.3 Å². The highest BCUT2D eigenvalue weighted by Crippen LogP contribution is 2.25. The summed E-state index contributed by atoms with van der Waals surface area (Å²) in [4.78, 5) is 10.0. The quantitative estimate of drug-likeness (QED) is 0.769. The van der Waals surface area contributed by atoms with Gasteiger partial charge in [-0.3, -0.25) is 4.79 Å². The minimum atomic E-state index is -4.43. The molecule has 0 radical (unpaired) electrons. The Hall–Kier alpha value is -1.74. The lowest BCUT2D eigenvalue weighted by atomic mass is 10.3. The van der Waals surface area contributed by atoms with Crippen LogP contribution in [0.15, 0.2) is 17.0 Å². The number of benzene rings is 1. The predicted molar refractivity (Wildman–Crippen MR) is 69.0 cm³/mol. The molecule has 20 heavy (non-hydrogen) atoms. The summed E-state index contributed by atoms with van der Waals surface area (Å²) in [6.45, 7) is 2.30. The number of amides is 1. The first-order valence-corrected chi connectivity index (χ1v) is 7.06. The van der Waals surface area contributed by atoms with Crippen molar-refractivity contribution in [2.45, 2.75) is 24.8 Å². The monoisotopic (exact) mass is 307 g/mol. The first-order chi connectivity index (χ1) is 9.07. The second-order valence-electron chi connectivity index (χ2n) is 4.43. The van der Waals surface area contributed by atoms with Gasteiger partial charge in [0.2, 0.25) is 15.9 Å². The van der Waals surface area contributed by atoms with Gasteiger partial charge in [-0.05, 0) is 26.0 Å². The molecule has 0 aliphatic heterocycles. The van der Waals surface area contributed by atoms with Crippen LogP contribution in [-0.2, 0) is 14.8 Å². The van der Waals surface area contributed by atoms with Crippen molar-refractivity contribution in [1.82, 2.24) is 4.31 Å². The van der Waals surface area contributed by atoms with Crippen LogP contribution in [0.4, 0.5) is 14.5 Å². The predicted octanol–water partition coefficient (Wildman–Crippen LogP) is 0.431. The van der Waals surface area contributed by atoms with Crippen molar-refractivity contribution in [3.8, 4) is 0 Å². The van der Waals surface area contributed by atoms with E-state index in [4.69, 9.17) is 11.5 Å². The summed E-state index contributed by atoms with van der Waals surface area (Å²) in [6.07, 6.45) is 0. The molecule has 9 heteroatoms. The standard InChI is InChI=1S/C11H15F2N3O3S/c1-6(2)16(5-10(15)17)20(18,19)9-4-7(14)3-8(12)11(9)13/h3-4,6H,5,14H2,1-2H3,(H2,15,17). The molecule has 0 saturated heterocycles. The summed E-state index contributed by atoms with van der Waals surface area (Å²) in [6, 6.07) is 0.795. The Morgan fingerprint density at radius 1 is 1.35 bits per heavy atom. The smallest absolute Gasteiger partial charge is 0.246 e. The van der Waals surface area contributed by atoms with Crippen LogP contribution in [0.5, 0.6) is 0 Å². The molecule has 0 aromatic heterocycles. The van der Waals surface area contributed by atoms with Gasteiger partial charge in [0, 0.05) is 11.7 Å². The average Bonchev–Trinajstić information content (AvgIpc) is 2.29. The number of primary amides is 1.